The zero-order chi connectivity index (χ0) is 15.9. The maximum atomic E-state index is 10.1. The molecule has 0 spiro atoms. The molecular weight excluding hydrogens is 282 g/mol. The Morgan fingerprint density at radius 2 is 2.09 bits per heavy atom. The van der Waals surface area contributed by atoms with E-state index in [4.69, 9.17) is 9.47 Å². The monoisotopic (exact) mass is 305 g/mol. The minimum Gasteiger partial charge on any atom is -0.493 e. The van der Waals surface area contributed by atoms with Gasteiger partial charge in [-0.3, -0.25) is 9.58 Å². The molecule has 0 radical (unpaired) electrons. The number of ether oxygens (including phenoxy) is 2. The maximum absolute atomic E-state index is 10.1. The van der Waals surface area contributed by atoms with E-state index in [1.807, 2.05) is 42.4 Å². The summed E-state index contributed by atoms with van der Waals surface area (Å²) < 4.78 is 12.5. The van der Waals surface area contributed by atoms with Crippen molar-refractivity contribution in [2.45, 2.75) is 19.2 Å². The molecule has 2 aromatic rings. The van der Waals surface area contributed by atoms with Crippen molar-refractivity contribution in [2.24, 2.45) is 0 Å². The standard InChI is InChI=1S/C16H23N3O3/c1-18(11-14(20)12-19-9-5-8-17-19)10-13-6-4-7-15(21-2)16(13)22-3/h4-9,14,20H,10-12H2,1-3H3/t14-/m0/s1. The Bertz CT molecular complexity index is 572. The molecule has 0 aliphatic rings. The van der Waals surface area contributed by atoms with E-state index >= 15 is 0 Å². The first kappa shape index (κ1) is 16.3. The Balaban J connectivity index is 1.95. The first-order valence-electron chi connectivity index (χ1n) is 7.18. The number of nitrogens with zero attached hydrogens (tertiary/aromatic N) is 3. The van der Waals surface area contributed by atoms with Crippen LogP contribution in [0.5, 0.6) is 11.5 Å². The highest BCUT2D eigenvalue weighted by atomic mass is 16.5. The Morgan fingerprint density at radius 3 is 2.73 bits per heavy atom. The van der Waals surface area contributed by atoms with Gasteiger partial charge in [0.05, 0.1) is 26.9 Å². The van der Waals surface area contributed by atoms with Crippen molar-refractivity contribution >= 4 is 0 Å². The van der Waals surface area contributed by atoms with Crippen LogP contribution in [0.3, 0.4) is 0 Å². The van der Waals surface area contributed by atoms with Gasteiger partial charge in [-0.25, -0.2) is 0 Å². The van der Waals surface area contributed by atoms with E-state index in [9.17, 15) is 5.11 Å². The molecule has 2 rings (SSSR count). The molecule has 6 nitrogen and oxygen atoms in total. The van der Waals surface area contributed by atoms with Gasteiger partial charge >= 0.3 is 0 Å². The fourth-order valence-electron chi connectivity index (χ4n) is 2.48. The molecule has 0 aliphatic carbocycles. The third kappa shape index (κ3) is 4.22. The molecule has 0 amide bonds. The van der Waals surface area contributed by atoms with Gasteiger partial charge in [0.2, 0.25) is 0 Å². The average molecular weight is 305 g/mol. The first-order valence-corrected chi connectivity index (χ1v) is 7.18. The second-order valence-corrected chi connectivity index (χ2v) is 5.23. The van der Waals surface area contributed by atoms with Crippen LogP contribution in [0.4, 0.5) is 0 Å². The lowest BCUT2D eigenvalue weighted by atomic mass is 10.1. The summed E-state index contributed by atoms with van der Waals surface area (Å²) in [6, 6.07) is 7.65. The van der Waals surface area contributed by atoms with E-state index in [0.29, 0.717) is 25.4 Å². The van der Waals surface area contributed by atoms with Crippen molar-refractivity contribution < 1.29 is 14.6 Å². The number of aliphatic hydroxyl groups excluding tert-OH is 1. The van der Waals surface area contributed by atoms with Crippen molar-refractivity contribution in [3.63, 3.8) is 0 Å². The Labute approximate surface area is 130 Å². The molecule has 1 aromatic carbocycles. The number of hydrogen-bond donors (Lipinski definition) is 1. The van der Waals surface area contributed by atoms with Gasteiger partial charge in [-0.15, -0.1) is 0 Å². The van der Waals surface area contributed by atoms with Crippen molar-refractivity contribution in [3.8, 4) is 11.5 Å². The van der Waals surface area contributed by atoms with Crippen LogP contribution in [-0.4, -0.2) is 53.7 Å². The SMILES string of the molecule is COc1cccc(CN(C)C[C@H](O)Cn2cccn2)c1OC. The quantitative estimate of drug-likeness (QED) is 0.799. The highest BCUT2D eigenvalue weighted by Gasteiger charge is 2.14. The minimum atomic E-state index is -0.485. The third-order valence-electron chi connectivity index (χ3n) is 3.40. The van der Waals surface area contributed by atoms with Gasteiger partial charge in [-0.05, 0) is 19.2 Å². The average Bonchev–Trinajstić information content (AvgIpc) is 2.99. The Hall–Kier alpha value is -2.05. The molecule has 6 heteroatoms. The number of aromatic nitrogens is 2. The lowest BCUT2D eigenvalue weighted by Crippen LogP contribution is -2.32. The molecule has 120 valence electrons. The fourth-order valence-corrected chi connectivity index (χ4v) is 2.48. The summed E-state index contributed by atoms with van der Waals surface area (Å²) in [7, 11) is 5.22. The lowest BCUT2D eigenvalue weighted by molar-refractivity contribution is 0.103. The van der Waals surface area contributed by atoms with Crippen LogP contribution in [0.2, 0.25) is 0 Å². The summed E-state index contributed by atoms with van der Waals surface area (Å²) in [5.74, 6) is 1.45. The van der Waals surface area contributed by atoms with Crippen LogP contribution in [-0.2, 0) is 13.1 Å². The lowest BCUT2D eigenvalue weighted by Gasteiger charge is -2.22. The summed E-state index contributed by atoms with van der Waals surface area (Å²) in [6.45, 7) is 1.68. The predicted molar refractivity (Wildman–Crippen MR) is 84.1 cm³/mol. The van der Waals surface area contributed by atoms with E-state index in [1.165, 1.54) is 0 Å². The molecule has 1 atom stereocenters. The van der Waals surface area contributed by atoms with Crippen molar-refractivity contribution in [1.82, 2.24) is 14.7 Å². The van der Waals surface area contributed by atoms with Gasteiger partial charge in [0.1, 0.15) is 0 Å². The molecule has 0 unspecified atom stereocenters. The second-order valence-electron chi connectivity index (χ2n) is 5.23. The smallest absolute Gasteiger partial charge is 0.165 e. The van der Waals surface area contributed by atoms with Gasteiger partial charge in [0, 0.05) is 31.0 Å². The minimum absolute atomic E-state index is 0.479. The number of para-hydroxylation sites is 1. The van der Waals surface area contributed by atoms with Gasteiger partial charge in [0.15, 0.2) is 11.5 Å². The molecule has 1 N–H and O–H groups in total. The molecule has 1 heterocycles. The van der Waals surface area contributed by atoms with Crippen LogP contribution in [0.1, 0.15) is 5.56 Å². The highest BCUT2D eigenvalue weighted by molar-refractivity contribution is 5.46. The largest absolute Gasteiger partial charge is 0.493 e. The van der Waals surface area contributed by atoms with Crippen LogP contribution < -0.4 is 9.47 Å². The van der Waals surface area contributed by atoms with Crippen LogP contribution >= 0.6 is 0 Å². The number of aliphatic hydroxyl groups is 1. The predicted octanol–water partition coefficient (Wildman–Crippen LogP) is 1.39. The van der Waals surface area contributed by atoms with Crippen molar-refractivity contribution in [1.29, 1.82) is 0 Å². The van der Waals surface area contributed by atoms with E-state index in [0.717, 1.165) is 11.3 Å². The first-order chi connectivity index (χ1) is 10.6. The van der Waals surface area contributed by atoms with Crippen LogP contribution in [0.25, 0.3) is 0 Å². The summed E-state index contributed by atoms with van der Waals surface area (Å²) in [6.07, 6.45) is 3.06. The molecule has 0 bridgehead atoms. The number of hydrogen-bond acceptors (Lipinski definition) is 5. The number of rotatable bonds is 8. The number of methoxy groups -OCH3 is 2. The third-order valence-corrected chi connectivity index (χ3v) is 3.40. The molecular formula is C16H23N3O3. The zero-order valence-electron chi connectivity index (χ0n) is 13.3. The summed E-state index contributed by atoms with van der Waals surface area (Å²) in [4.78, 5) is 2.05. The summed E-state index contributed by atoms with van der Waals surface area (Å²) >= 11 is 0. The zero-order valence-corrected chi connectivity index (χ0v) is 13.3. The molecule has 1 aromatic heterocycles. The van der Waals surface area contributed by atoms with Gasteiger partial charge in [0.25, 0.3) is 0 Å². The second kappa shape index (κ2) is 7.82. The highest BCUT2D eigenvalue weighted by Crippen LogP contribution is 2.31. The van der Waals surface area contributed by atoms with Gasteiger partial charge in [-0.1, -0.05) is 12.1 Å². The number of likely N-dealkylation sites (N-methyl/N-ethyl adjacent to an activating group) is 1. The van der Waals surface area contributed by atoms with E-state index < -0.39 is 6.10 Å². The van der Waals surface area contributed by atoms with Crippen LogP contribution in [0, 0.1) is 0 Å². The number of benzene rings is 1. The summed E-state index contributed by atoms with van der Waals surface area (Å²) in [5, 5.41) is 14.2. The van der Waals surface area contributed by atoms with E-state index in [2.05, 4.69) is 5.10 Å². The Kier molecular flexibility index (Phi) is 5.80. The Morgan fingerprint density at radius 1 is 1.27 bits per heavy atom. The topological polar surface area (TPSA) is 59.8 Å². The van der Waals surface area contributed by atoms with E-state index in [1.54, 1.807) is 25.1 Å². The fraction of sp³-hybridized carbons (Fsp3) is 0.438. The summed E-state index contributed by atoms with van der Waals surface area (Å²) in [5.41, 5.74) is 1.02. The molecule has 0 fully saturated rings. The van der Waals surface area contributed by atoms with E-state index in [-0.39, 0.29) is 0 Å². The molecule has 0 saturated carbocycles. The van der Waals surface area contributed by atoms with Crippen molar-refractivity contribution in [3.05, 3.63) is 42.2 Å². The van der Waals surface area contributed by atoms with Crippen molar-refractivity contribution in [2.75, 3.05) is 27.8 Å². The normalized spacial score (nSPS) is 12.4. The molecule has 0 saturated heterocycles. The molecule has 22 heavy (non-hydrogen) atoms. The maximum Gasteiger partial charge on any atom is 0.165 e. The van der Waals surface area contributed by atoms with Gasteiger partial charge < -0.3 is 14.6 Å². The van der Waals surface area contributed by atoms with Gasteiger partial charge in [-0.2, -0.15) is 5.10 Å². The van der Waals surface area contributed by atoms with Crippen LogP contribution in [0.15, 0.2) is 36.7 Å². The molecule has 0 aliphatic heterocycles.